The van der Waals surface area contributed by atoms with Gasteiger partial charge in [-0.3, -0.25) is 9.59 Å². The summed E-state index contributed by atoms with van der Waals surface area (Å²) in [4.78, 5) is 27.3. The molecule has 0 spiro atoms. The van der Waals surface area contributed by atoms with Crippen LogP contribution in [-0.2, 0) is 16.1 Å². The fourth-order valence-electron chi connectivity index (χ4n) is 2.90. The van der Waals surface area contributed by atoms with Crippen LogP contribution in [0.15, 0.2) is 59.1 Å². The number of rotatable bonds is 11. The zero-order valence-corrected chi connectivity index (χ0v) is 19.5. The highest BCUT2D eigenvalue weighted by Gasteiger charge is 2.25. The molecule has 6 heteroatoms. The molecule has 1 N–H and O–H groups in total. The standard InChI is InChI=1S/C24H31BrN2O3/c1-18(2)16-26-24(29)19(3)27(17-20-11-13-21(25)14-12-20)23(28)10-7-15-30-22-8-5-4-6-9-22/h4-6,8-9,11-14,18-19H,7,10,15-17H2,1-3H3,(H,26,29)/t19-/m0/s1. The average molecular weight is 475 g/mol. The second-order valence-corrected chi connectivity index (χ2v) is 8.64. The summed E-state index contributed by atoms with van der Waals surface area (Å²) in [5, 5.41) is 2.94. The molecule has 2 amide bonds. The lowest BCUT2D eigenvalue weighted by Gasteiger charge is -2.29. The van der Waals surface area contributed by atoms with E-state index in [1.807, 2.05) is 68.4 Å². The summed E-state index contributed by atoms with van der Waals surface area (Å²) in [6.45, 7) is 7.31. The minimum atomic E-state index is -0.546. The second-order valence-electron chi connectivity index (χ2n) is 7.73. The Morgan fingerprint density at radius 1 is 1.03 bits per heavy atom. The van der Waals surface area contributed by atoms with Crippen molar-refractivity contribution in [3.8, 4) is 5.75 Å². The molecular weight excluding hydrogens is 444 g/mol. The number of carbonyl (C=O) groups excluding carboxylic acids is 2. The highest BCUT2D eigenvalue weighted by atomic mass is 79.9. The third-order valence-corrected chi connectivity index (χ3v) is 5.19. The Hall–Kier alpha value is -2.34. The first-order valence-corrected chi connectivity index (χ1v) is 11.2. The van der Waals surface area contributed by atoms with Crippen LogP contribution in [0, 0.1) is 5.92 Å². The molecular formula is C24H31BrN2O3. The molecule has 2 aromatic rings. The highest BCUT2D eigenvalue weighted by molar-refractivity contribution is 9.10. The molecule has 0 aliphatic rings. The normalized spacial score (nSPS) is 11.8. The van der Waals surface area contributed by atoms with E-state index in [9.17, 15) is 9.59 Å². The number of ether oxygens (including phenoxy) is 1. The van der Waals surface area contributed by atoms with Gasteiger partial charge in [0, 0.05) is 24.0 Å². The quantitative estimate of drug-likeness (QED) is 0.475. The molecule has 1 atom stereocenters. The second kappa shape index (κ2) is 12.4. The van der Waals surface area contributed by atoms with Gasteiger partial charge in [-0.2, -0.15) is 0 Å². The first-order valence-electron chi connectivity index (χ1n) is 10.4. The first-order chi connectivity index (χ1) is 14.4. The molecule has 0 aliphatic heterocycles. The molecule has 0 aromatic heterocycles. The Kier molecular flexibility index (Phi) is 9.87. The number of benzene rings is 2. The van der Waals surface area contributed by atoms with Gasteiger partial charge in [-0.25, -0.2) is 0 Å². The van der Waals surface area contributed by atoms with Gasteiger partial charge in [0.25, 0.3) is 0 Å². The van der Waals surface area contributed by atoms with Crippen LogP contribution in [0.2, 0.25) is 0 Å². The fourth-order valence-corrected chi connectivity index (χ4v) is 3.16. The third kappa shape index (κ3) is 8.19. The highest BCUT2D eigenvalue weighted by Crippen LogP contribution is 2.16. The lowest BCUT2D eigenvalue weighted by atomic mass is 10.1. The van der Waals surface area contributed by atoms with Crippen molar-refractivity contribution < 1.29 is 14.3 Å². The molecule has 5 nitrogen and oxygen atoms in total. The van der Waals surface area contributed by atoms with E-state index in [4.69, 9.17) is 4.74 Å². The third-order valence-electron chi connectivity index (χ3n) is 4.66. The van der Waals surface area contributed by atoms with Gasteiger partial charge in [0.2, 0.25) is 11.8 Å². The van der Waals surface area contributed by atoms with Gasteiger partial charge in [-0.1, -0.05) is 60.1 Å². The minimum absolute atomic E-state index is 0.0539. The van der Waals surface area contributed by atoms with E-state index in [1.54, 1.807) is 11.8 Å². The van der Waals surface area contributed by atoms with Crippen molar-refractivity contribution >= 4 is 27.7 Å². The van der Waals surface area contributed by atoms with Crippen LogP contribution in [0.25, 0.3) is 0 Å². The summed E-state index contributed by atoms with van der Waals surface area (Å²) >= 11 is 3.43. The molecule has 0 saturated carbocycles. The number of nitrogens with zero attached hydrogens (tertiary/aromatic N) is 1. The molecule has 2 rings (SSSR count). The van der Waals surface area contributed by atoms with E-state index in [0.29, 0.717) is 38.5 Å². The Balaban J connectivity index is 1.98. The number of amides is 2. The maximum atomic E-state index is 13.0. The Bertz CT molecular complexity index is 794. The zero-order valence-electron chi connectivity index (χ0n) is 17.9. The number of carbonyl (C=O) groups is 2. The zero-order chi connectivity index (χ0) is 21.9. The van der Waals surface area contributed by atoms with Gasteiger partial charge in [-0.05, 0) is 49.1 Å². The summed E-state index contributed by atoms with van der Waals surface area (Å²) in [5.74, 6) is 0.960. The number of nitrogens with one attached hydrogen (secondary N) is 1. The lowest BCUT2D eigenvalue weighted by Crippen LogP contribution is -2.48. The van der Waals surface area contributed by atoms with Crippen LogP contribution < -0.4 is 10.1 Å². The topological polar surface area (TPSA) is 58.6 Å². The van der Waals surface area contributed by atoms with Crippen molar-refractivity contribution in [2.45, 2.75) is 46.2 Å². The van der Waals surface area contributed by atoms with Crippen molar-refractivity contribution in [1.82, 2.24) is 10.2 Å². The van der Waals surface area contributed by atoms with Crippen molar-refractivity contribution in [3.05, 3.63) is 64.6 Å². The maximum absolute atomic E-state index is 13.0. The predicted octanol–water partition coefficient (Wildman–Crippen LogP) is 4.80. The summed E-state index contributed by atoms with van der Waals surface area (Å²) in [6.07, 6.45) is 0.913. The van der Waals surface area contributed by atoms with E-state index in [-0.39, 0.29) is 11.8 Å². The van der Waals surface area contributed by atoms with Gasteiger partial charge in [0.1, 0.15) is 11.8 Å². The van der Waals surface area contributed by atoms with Crippen LogP contribution in [0.4, 0.5) is 0 Å². The molecule has 0 radical (unpaired) electrons. The van der Waals surface area contributed by atoms with Crippen LogP contribution in [0.1, 0.15) is 39.2 Å². The fraction of sp³-hybridized carbons (Fsp3) is 0.417. The van der Waals surface area contributed by atoms with Gasteiger partial charge >= 0.3 is 0 Å². The Morgan fingerprint density at radius 3 is 2.33 bits per heavy atom. The minimum Gasteiger partial charge on any atom is -0.494 e. The smallest absolute Gasteiger partial charge is 0.242 e. The van der Waals surface area contributed by atoms with E-state index in [1.165, 1.54) is 0 Å². The Morgan fingerprint density at radius 2 is 1.70 bits per heavy atom. The maximum Gasteiger partial charge on any atom is 0.242 e. The van der Waals surface area contributed by atoms with Crippen LogP contribution >= 0.6 is 15.9 Å². The molecule has 0 aliphatic carbocycles. The van der Waals surface area contributed by atoms with Gasteiger partial charge in [0.15, 0.2) is 0 Å². The molecule has 0 fully saturated rings. The van der Waals surface area contributed by atoms with Crippen LogP contribution in [0.3, 0.4) is 0 Å². The van der Waals surface area contributed by atoms with Crippen LogP contribution in [0.5, 0.6) is 5.75 Å². The molecule has 0 bridgehead atoms. The summed E-state index contributed by atoms with van der Waals surface area (Å²) in [6, 6.07) is 16.8. The van der Waals surface area contributed by atoms with E-state index >= 15 is 0 Å². The first kappa shape index (κ1) is 23.9. The number of hydrogen-bond donors (Lipinski definition) is 1. The molecule has 30 heavy (non-hydrogen) atoms. The average Bonchev–Trinajstić information content (AvgIpc) is 2.74. The summed E-state index contributed by atoms with van der Waals surface area (Å²) < 4.78 is 6.66. The van der Waals surface area contributed by atoms with E-state index < -0.39 is 6.04 Å². The van der Waals surface area contributed by atoms with E-state index in [2.05, 4.69) is 21.2 Å². The number of para-hydroxylation sites is 1. The van der Waals surface area contributed by atoms with E-state index in [0.717, 1.165) is 15.8 Å². The Labute approximate surface area is 187 Å². The molecule has 2 aromatic carbocycles. The largest absolute Gasteiger partial charge is 0.494 e. The monoisotopic (exact) mass is 474 g/mol. The summed E-state index contributed by atoms with van der Waals surface area (Å²) in [5.41, 5.74) is 0.982. The van der Waals surface area contributed by atoms with Gasteiger partial charge in [-0.15, -0.1) is 0 Å². The lowest BCUT2D eigenvalue weighted by molar-refractivity contribution is -0.140. The van der Waals surface area contributed by atoms with Gasteiger partial charge < -0.3 is 15.0 Å². The number of halogens is 1. The SMILES string of the molecule is CC(C)CNC(=O)[C@H](C)N(Cc1ccc(Br)cc1)C(=O)CCCOc1ccccc1. The van der Waals surface area contributed by atoms with Crippen molar-refractivity contribution in [2.24, 2.45) is 5.92 Å². The molecule has 0 saturated heterocycles. The van der Waals surface area contributed by atoms with Crippen molar-refractivity contribution in [2.75, 3.05) is 13.2 Å². The van der Waals surface area contributed by atoms with Crippen molar-refractivity contribution in [3.63, 3.8) is 0 Å². The number of hydrogen-bond acceptors (Lipinski definition) is 3. The molecule has 162 valence electrons. The summed E-state index contributed by atoms with van der Waals surface area (Å²) in [7, 11) is 0. The molecule has 0 unspecified atom stereocenters. The van der Waals surface area contributed by atoms with Crippen molar-refractivity contribution in [1.29, 1.82) is 0 Å². The van der Waals surface area contributed by atoms with Crippen LogP contribution in [-0.4, -0.2) is 35.9 Å². The predicted molar refractivity (Wildman–Crippen MR) is 123 cm³/mol. The van der Waals surface area contributed by atoms with Gasteiger partial charge in [0.05, 0.1) is 6.61 Å². The molecule has 0 heterocycles.